The van der Waals surface area contributed by atoms with Crippen molar-refractivity contribution < 1.29 is 0 Å². The molecule has 1 aromatic heterocycles. The second kappa shape index (κ2) is 11.5. The minimum Gasteiger partial charge on any atom is -0.135 e. The zero-order valence-electron chi connectivity index (χ0n) is 25.8. The van der Waals surface area contributed by atoms with E-state index in [1.165, 1.54) is 80.7 Å². The summed E-state index contributed by atoms with van der Waals surface area (Å²) in [4.78, 5) is 1.43. The second-order valence-corrected chi connectivity index (χ2v) is 14.6. The van der Waals surface area contributed by atoms with Gasteiger partial charge in [-0.2, -0.15) is 0 Å². The fourth-order valence-corrected chi connectivity index (χ4v) is 9.68. The number of hydrogen-bond acceptors (Lipinski definition) is 2. The Morgan fingerprint density at radius 1 is 0.556 bits per heavy atom. The lowest BCUT2D eigenvalue weighted by Gasteiger charge is -2.12. The first-order chi connectivity index (χ1) is 22.0. The number of allylic oxidation sites excluding steroid dienone is 1. The molecule has 0 spiro atoms. The summed E-state index contributed by atoms with van der Waals surface area (Å²) in [6, 6.07) is 49.4. The molecule has 2 atom stereocenters. The van der Waals surface area contributed by atoms with Crippen LogP contribution >= 0.6 is 23.1 Å². The summed E-state index contributed by atoms with van der Waals surface area (Å²) < 4.78 is 2.70. The molecule has 8 rings (SSSR count). The quantitative estimate of drug-likeness (QED) is 0.174. The molecule has 1 aliphatic heterocycles. The van der Waals surface area contributed by atoms with Crippen molar-refractivity contribution in [2.24, 2.45) is 0 Å². The maximum atomic E-state index is 2.43. The van der Waals surface area contributed by atoms with Crippen LogP contribution in [-0.4, -0.2) is 5.25 Å². The lowest BCUT2D eigenvalue weighted by Crippen LogP contribution is -2.03. The van der Waals surface area contributed by atoms with Gasteiger partial charge in [0.25, 0.3) is 0 Å². The highest BCUT2D eigenvalue weighted by molar-refractivity contribution is 8.00. The van der Waals surface area contributed by atoms with Crippen molar-refractivity contribution in [2.75, 3.05) is 0 Å². The summed E-state index contributed by atoms with van der Waals surface area (Å²) in [5.41, 5.74) is 13.0. The SMILES string of the molecule is CC(C)=CC1Sc2c(-c3cccc(-c4cccc(-c5cccc(-c6cccc7c6sc6ccccc67)c5)c4)c3)cccc2C1C. The predicted molar refractivity (Wildman–Crippen MR) is 199 cm³/mol. The highest BCUT2D eigenvalue weighted by atomic mass is 32.2. The van der Waals surface area contributed by atoms with Gasteiger partial charge in [0.15, 0.2) is 0 Å². The molecule has 218 valence electrons. The van der Waals surface area contributed by atoms with E-state index < -0.39 is 0 Å². The molecule has 2 heteroatoms. The van der Waals surface area contributed by atoms with Gasteiger partial charge in [0.1, 0.15) is 0 Å². The first-order valence-electron chi connectivity index (χ1n) is 15.7. The summed E-state index contributed by atoms with van der Waals surface area (Å²) in [5, 5.41) is 3.17. The van der Waals surface area contributed by atoms with Gasteiger partial charge in [-0.05, 0) is 94.1 Å². The first kappa shape index (κ1) is 28.1. The summed E-state index contributed by atoms with van der Waals surface area (Å²) >= 11 is 3.91. The van der Waals surface area contributed by atoms with E-state index in [1.807, 2.05) is 23.1 Å². The molecule has 6 aromatic carbocycles. The lowest BCUT2D eigenvalue weighted by molar-refractivity contribution is 0.801. The van der Waals surface area contributed by atoms with Crippen LogP contribution < -0.4 is 0 Å². The third-order valence-corrected chi connectivity index (χ3v) is 11.8. The van der Waals surface area contributed by atoms with Crippen LogP contribution in [0.15, 0.2) is 150 Å². The standard InChI is InChI=1S/C43H34S2/c1-27(2)23-41-28(3)35-18-9-19-36(42(35)45-41)33-15-7-13-31(25-33)29-11-6-12-30(24-29)32-14-8-16-34(26-32)37-20-10-21-39-38-17-4-5-22-40(38)44-43(37)39/h4-26,28,41H,1-3H3. The molecule has 7 aromatic rings. The Labute approximate surface area is 274 Å². The van der Waals surface area contributed by atoms with E-state index in [2.05, 4.69) is 160 Å². The molecule has 0 bridgehead atoms. The third-order valence-electron chi connectivity index (χ3n) is 9.06. The molecule has 0 nitrogen and oxygen atoms in total. The largest absolute Gasteiger partial charge is 0.135 e. The van der Waals surface area contributed by atoms with Gasteiger partial charge >= 0.3 is 0 Å². The Bertz CT molecular complexity index is 2240. The Morgan fingerprint density at radius 3 is 1.78 bits per heavy atom. The van der Waals surface area contributed by atoms with Crippen molar-refractivity contribution >= 4 is 43.3 Å². The van der Waals surface area contributed by atoms with Crippen LogP contribution in [0.5, 0.6) is 0 Å². The third kappa shape index (κ3) is 5.13. The molecule has 0 aliphatic carbocycles. The van der Waals surface area contributed by atoms with Gasteiger partial charge in [0.2, 0.25) is 0 Å². The normalized spacial score (nSPS) is 15.8. The van der Waals surface area contributed by atoms with Crippen LogP contribution in [0, 0.1) is 0 Å². The summed E-state index contributed by atoms with van der Waals surface area (Å²) in [7, 11) is 0. The lowest BCUT2D eigenvalue weighted by atomic mass is 9.92. The maximum absolute atomic E-state index is 2.43. The maximum Gasteiger partial charge on any atom is 0.0433 e. The molecule has 0 fully saturated rings. The summed E-state index contributed by atoms with van der Waals surface area (Å²) in [5.74, 6) is 0.515. The van der Waals surface area contributed by atoms with Crippen LogP contribution in [0.4, 0.5) is 0 Å². The monoisotopic (exact) mass is 614 g/mol. The van der Waals surface area contributed by atoms with Crippen molar-refractivity contribution in [1.29, 1.82) is 0 Å². The van der Waals surface area contributed by atoms with Crippen molar-refractivity contribution in [3.8, 4) is 44.5 Å². The van der Waals surface area contributed by atoms with Gasteiger partial charge in [-0.25, -0.2) is 0 Å². The minimum atomic E-state index is 0.493. The average molecular weight is 615 g/mol. The number of rotatable bonds is 5. The van der Waals surface area contributed by atoms with E-state index in [0.29, 0.717) is 11.2 Å². The molecule has 0 amide bonds. The fourth-order valence-electron chi connectivity index (χ4n) is 6.78. The molecule has 0 saturated carbocycles. The highest BCUT2D eigenvalue weighted by Crippen LogP contribution is 2.50. The van der Waals surface area contributed by atoms with Gasteiger partial charge in [0, 0.05) is 30.3 Å². The van der Waals surface area contributed by atoms with Gasteiger partial charge < -0.3 is 0 Å². The second-order valence-electron chi connectivity index (χ2n) is 12.4. The Hall–Kier alpha value is -4.37. The van der Waals surface area contributed by atoms with E-state index in [-0.39, 0.29) is 0 Å². The van der Waals surface area contributed by atoms with Crippen LogP contribution in [-0.2, 0) is 0 Å². The molecule has 0 saturated heterocycles. The predicted octanol–water partition coefficient (Wildman–Crippen LogP) is 13.3. The zero-order chi connectivity index (χ0) is 30.5. The number of fused-ring (bicyclic) bond motifs is 4. The summed E-state index contributed by atoms with van der Waals surface area (Å²) in [6.07, 6.45) is 2.43. The molecule has 45 heavy (non-hydrogen) atoms. The number of hydrogen-bond donors (Lipinski definition) is 0. The number of thioether (sulfide) groups is 1. The highest BCUT2D eigenvalue weighted by Gasteiger charge is 2.30. The molecule has 2 unspecified atom stereocenters. The van der Waals surface area contributed by atoms with Crippen molar-refractivity contribution in [1.82, 2.24) is 0 Å². The minimum absolute atomic E-state index is 0.493. The average Bonchev–Trinajstić information content (AvgIpc) is 3.61. The molecule has 2 heterocycles. The van der Waals surface area contributed by atoms with E-state index in [1.54, 1.807) is 0 Å². The Balaban J connectivity index is 1.15. The smallest absolute Gasteiger partial charge is 0.0433 e. The van der Waals surface area contributed by atoms with Crippen LogP contribution in [0.2, 0.25) is 0 Å². The van der Waals surface area contributed by atoms with Gasteiger partial charge in [0.05, 0.1) is 0 Å². The van der Waals surface area contributed by atoms with E-state index in [0.717, 1.165) is 0 Å². The molecular formula is C43H34S2. The number of benzene rings is 6. The van der Waals surface area contributed by atoms with Gasteiger partial charge in [-0.15, -0.1) is 23.1 Å². The Morgan fingerprint density at radius 2 is 1.09 bits per heavy atom. The van der Waals surface area contributed by atoms with Crippen LogP contribution in [0.3, 0.4) is 0 Å². The molecule has 1 aliphatic rings. The van der Waals surface area contributed by atoms with E-state index in [4.69, 9.17) is 0 Å². The van der Waals surface area contributed by atoms with Crippen LogP contribution in [0.25, 0.3) is 64.7 Å². The number of thiophene rings is 1. The van der Waals surface area contributed by atoms with Crippen molar-refractivity contribution in [3.63, 3.8) is 0 Å². The molecule has 0 radical (unpaired) electrons. The van der Waals surface area contributed by atoms with Crippen molar-refractivity contribution in [2.45, 2.75) is 36.8 Å². The van der Waals surface area contributed by atoms with Gasteiger partial charge in [-0.1, -0.05) is 128 Å². The van der Waals surface area contributed by atoms with E-state index >= 15 is 0 Å². The van der Waals surface area contributed by atoms with Gasteiger partial charge in [-0.3, -0.25) is 0 Å². The first-order valence-corrected chi connectivity index (χ1v) is 17.4. The van der Waals surface area contributed by atoms with E-state index in [9.17, 15) is 0 Å². The zero-order valence-corrected chi connectivity index (χ0v) is 27.4. The van der Waals surface area contributed by atoms with Crippen LogP contribution in [0.1, 0.15) is 32.3 Å². The molecular weight excluding hydrogens is 581 g/mol. The molecule has 0 N–H and O–H groups in total. The topological polar surface area (TPSA) is 0 Å². The fraction of sp³-hybridized carbons (Fsp3) is 0.116. The Kier molecular flexibility index (Phi) is 7.20. The summed E-state index contributed by atoms with van der Waals surface area (Å²) in [6.45, 7) is 6.78. The van der Waals surface area contributed by atoms with Crippen molar-refractivity contribution in [3.05, 3.63) is 151 Å².